The zero-order valence-electron chi connectivity index (χ0n) is 13.8. The Kier molecular flexibility index (Phi) is 4.86. The minimum Gasteiger partial charge on any atom is -0.465 e. The van der Waals surface area contributed by atoms with Crippen LogP contribution < -0.4 is 0 Å². The number of esters is 1. The van der Waals surface area contributed by atoms with Crippen LogP contribution in [0.2, 0.25) is 0 Å². The third-order valence-corrected chi connectivity index (χ3v) is 3.88. The second kappa shape index (κ2) is 6.94. The standard InChI is InChI=1S/C16H16F3N3O4/c1-24-13(23)15(16(17,18)19)20-12(11-5-3-2-4-6-11)26-14(21-15)22-7-9-25-10-8-22/h2-6H,7-10H2,1H3. The maximum Gasteiger partial charge on any atom is 0.446 e. The van der Waals surface area contributed by atoms with Crippen LogP contribution >= 0.6 is 0 Å². The van der Waals surface area contributed by atoms with Crippen molar-refractivity contribution in [2.24, 2.45) is 9.98 Å². The number of methoxy groups -OCH3 is 1. The molecule has 0 saturated carbocycles. The van der Waals surface area contributed by atoms with Crippen LogP contribution in [0.3, 0.4) is 0 Å². The van der Waals surface area contributed by atoms with E-state index >= 15 is 0 Å². The highest BCUT2D eigenvalue weighted by molar-refractivity contribution is 6.05. The Balaban J connectivity index is 2.12. The van der Waals surface area contributed by atoms with Crippen LogP contribution in [-0.2, 0) is 19.0 Å². The first kappa shape index (κ1) is 18.2. The summed E-state index contributed by atoms with van der Waals surface area (Å²) in [6.45, 7) is 1.15. The van der Waals surface area contributed by atoms with E-state index in [0.29, 0.717) is 13.2 Å². The van der Waals surface area contributed by atoms with Gasteiger partial charge in [0.1, 0.15) is 0 Å². The fourth-order valence-electron chi connectivity index (χ4n) is 2.51. The van der Waals surface area contributed by atoms with E-state index in [0.717, 1.165) is 7.11 Å². The summed E-state index contributed by atoms with van der Waals surface area (Å²) < 4.78 is 56.6. The Bertz CT molecular complexity index is 730. The quantitative estimate of drug-likeness (QED) is 0.738. The molecule has 1 atom stereocenters. The average Bonchev–Trinajstić information content (AvgIpc) is 2.67. The number of amidine groups is 1. The SMILES string of the molecule is COC(=O)C1(C(F)(F)F)N=C(c2ccccc2)OC(N2CCOCC2)=N1. The third-order valence-electron chi connectivity index (χ3n) is 3.88. The largest absolute Gasteiger partial charge is 0.465 e. The van der Waals surface area contributed by atoms with Crippen molar-refractivity contribution in [1.29, 1.82) is 0 Å². The van der Waals surface area contributed by atoms with E-state index in [2.05, 4.69) is 14.7 Å². The summed E-state index contributed by atoms with van der Waals surface area (Å²) in [5.41, 5.74) is -3.13. The lowest BCUT2D eigenvalue weighted by Gasteiger charge is -2.35. The number of alkyl halides is 3. The Morgan fingerprint density at radius 1 is 1.19 bits per heavy atom. The molecule has 0 radical (unpaired) electrons. The van der Waals surface area contributed by atoms with E-state index in [-0.39, 0.29) is 30.6 Å². The molecule has 0 aromatic heterocycles. The van der Waals surface area contributed by atoms with Crippen molar-refractivity contribution in [1.82, 2.24) is 4.90 Å². The molecule has 1 aromatic carbocycles. The minimum atomic E-state index is -5.11. The number of morpholine rings is 1. The third kappa shape index (κ3) is 3.24. The molecule has 1 saturated heterocycles. The first-order valence-corrected chi connectivity index (χ1v) is 7.78. The molecule has 1 aromatic rings. The fourth-order valence-corrected chi connectivity index (χ4v) is 2.51. The average molecular weight is 371 g/mol. The van der Waals surface area contributed by atoms with E-state index < -0.39 is 17.8 Å². The summed E-state index contributed by atoms with van der Waals surface area (Å²) in [5.74, 6) is -1.99. The molecule has 0 amide bonds. The molecule has 26 heavy (non-hydrogen) atoms. The van der Waals surface area contributed by atoms with Gasteiger partial charge in [0.2, 0.25) is 5.90 Å². The van der Waals surface area contributed by atoms with E-state index in [1.165, 1.54) is 17.0 Å². The van der Waals surface area contributed by atoms with Crippen LogP contribution in [0.1, 0.15) is 5.56 Å². The molecule has 10 heteroatoms. The van der Waals surface area contributed by atoms with Gasteiger partial charge in [-0.15, -0.1) is 0 Å². The van der Waals surface area contributed by atoms with Crippen LogP contribution in [0.25, 0.3) is 0 Å². The lowest BCUT2D eigenvalue weighted by atomic mass is 10.1. The molecule has 2 aliphatic heterocycles. The summed E-state index contributed by atoms with van der Waals surface area (Å²) in [6, 6.07) is 7.65. The predicted octanol–water partition coefficient (Wildman–Crippen LogP) is 1.58. The van der Waals surface area contributed by atoms with Crippen molar-refractivity contribution < 1.29 is 32.2 Å². The number of nitrogens with zero attached hydrogens (tertiary/aromatic N) is 3. The van der Waals surface area contributed by atoms with Crippen molar-refractivity contribution in [3.8, 4) is 0 Å². The molecule has 0 bridgehead atoms. The van der Waals surface area contributed by atoms with Crippen LogP contribution in [0.4, 0.5) is 13.2 Å². The highest BCUT2D eigenvalue weighted by Crippen LogP contribution is 2.39. The van der Waals surface area contributed by atoms with Crippen molar-refractivity contribution in [3.63, 3.8) is 0 Å². The number of ether oxygens (including phenoxy) is 3. The molecule has 0 spiro atoms. The van der Waals surface area contributed by atoms with Crippen LogP contribution in [0, 0.1) is 0 Å². The van der Waals surface area contributed by atoms with Crippen molar-refractivity contribution in [3.05, 3.63) is 35.9 Å². The number of hydrogen-bond acceptors (Lipinski definition) is 7. The van der Waals surface area contributed by atoms with E-state index in [9.17, 15) is 18.0 Å². The van der Waals surface area contributed by atoms with E-state index in [1.54, 1.807) is 18.2 Å². The van der Waals surface area contributed by atoms with Crippen molar-refractivity contribution in [2.45, 2.75) is 11.8 Å². The Labute approximate surface area is 147 Å². The monoisotopic (exact) mass is 371 g/mol. The van der Waals surface area contributed by atoms with Gasteiger partial charge in [-0.1, -0.05) is 18.2 Å². The van der Waals surface area contributed by atoms with Crippen LogP contribution in [0.5, 0.6) is 0 Å². The molecular formula is C16H16F3N3O4. The lowest BCUT2D eigenvalue weighted by Crippen LogP contribution is -2.55. The van der Waals surface area contributed by atoms with Gasteiger partial charge in [-0.3, -0.25) is 0 Å². The van der Waals surface area contributed by atoms with Gasteiger partial charge in [-0.25, -0.2) is 4.79 Å². The number of carbonyl (C=O) groups excluding carboxylic acids is 1. The first-order chi connectivity index (χ1) is 12.4. The molecule has 0 N–H and O–H groups in total. The molecule has 140 valence electrons. The molecule has 3 rings (SSSR count). The smallest absolute Gasteiger partial charge is 0.446 e. The zero-order valence-corrected chi connectivity index (χ0v) is 13.8. The molecule has 7 nitrogen and oxygen atoms in total. The molecule has 2 heterocycles. The van der Waals surface area contributed by atoms with Crippen molar-refractivity contribution in [2.75, 3.05) is 33.4 Å². The summed E-state index contributed by atoms with van der Waals surface area (Å²) in [6.07, 6.45) is -5.11. The van der Waals surface area contributed by atoms with Gasteiger partial charge in [-0.05, 0) is 12.1 Å². The molecule has 2 aliphatic rings. The summed E-state index contributed by atoms with van der Waals surface area (Å²) in [4.78, 5) is 20.6. The maximum atomic E-state index is 13.8. The van der Waals surface area contributed by atoms with Crippen molar-refractivity contribution >= 4 is 17.9 Å². The van der Waals surface area contributed by atoms with Gasteiger partial charge in [0.15, 0.2) is 0 Å². The number of hydrogen-bond donors (Lipinski definition) is 0. The summed E-state index contributed by atoms with van der Waals surface area (Å²) >= 11 is 0. The Morgan fingerprint density at radius 2 is 1.85 bits per heavy atom. The van der Waals surface area contributed by atoms with E-state index in [4.69, 9.17) is 9.47 Å². The topological polar surface area (TPSA) is 72.7 Å². The lowest BCUT2D eigenvalue weighted by molar-refractivity contribution is -0.202. The number of aliphatic imine (C=N–C) groups is 2. The molecule has 1 unspecified atom stereocenters. The minimum absolute atomic E-state index is 0.274. The zero-order chi connectivity index (χ0) is 18.8. The van der Waals surface area contributed by atoms with E-state index in [1.807, 2.05) is 0 Å². The normalized spacial score (nSPS) is 23.6. The number of rotatable bonds is 2. The highest BCUT2D eigenvalue weighted by atomic mass is 19.4. The summed E-state index contributed by atoms with van der Waals surface area (Å²) in [5, 5.41) is 0. The molecule has 0 aliphatic carbocycles. The fraction of sp³-hybridized carbons (Fsp3) is 0.438. The van der Waals surface area contributed by atoms with Gasteiger partial charge >= 0.3 is 17.8 Å². The number of carbonyl (C=O) groups is 1. The second-order valence-corrected chi connectivity index (χ2v) is 5.54. The van der Waals surface area contributed by atoms with Crippen LogP contribution in [-0.4, -0.2) is 68.0 Å². The number of benzene rings is 1. The first-order valence-electron chi connectivity index (χ1n) is 7.78. The Morgan fingerprint density at radius 3 is 2.42 bits per heavy atom. The van der Waals surface area contributed by atoms with Gasteiger partial charge in [0.25, 0.3) is 6.02 Å². The van der Waals surface area contributed by atoms with Gasteiger partial charge in [0, 0.05) is 18.7 Å². The number of halogens is 3. The van der Waals surface area contributed by atoms with Gasteiger partial charge in [0.05, 0.1) is 20.3 Å². The van der Waals surface area contributed by atoms with Gasteiger partial charge < -0.3 is 19.1 Å². The molecular weight excluding hydrogens is 355 g/mol. The predicted molar refractivity (Wildman–Crippen MR) is 84.7 cm³/mol. The van der Waals surface area contributed by atoms with Gasteiger partial charge in [-0.2, -0.15) is 23.2 Å². The summed E-state index contributed by atoms with van der Waals surface area (Å²) in [7, 11) is 0.854. The second-order valence-electron chi connectivity index (χ2n) is 5.54. The highest BCUT2D eigenvalue weighted by Gasteiger charge is 2.65. The van der Waals surface area contributed by atoms with Crippen LogP contribution in [0.15, 0.2) is 40.3 Å². The Hall–Kier alpha value is -2.62. The maximum absolute atomic E-state index is 13.8. The molecule has 1 fully saturated rings.